The second-order valence-electron chi connectivity index (χ2n) is 7.70. The van der Waals surface area contributed by atoms with E-state index in [0.717, 1.165) is 6.42 Å². The van der Waals surface area contributed by atoms with Crippen molar-refractivity contribution in [3.05, 3.63) is 0 Å². The van der Waals surface area contributed by atoms with Gasteiger partial charge in [-0.1, -0.05) is 54.9 Å². The standard InChI is InChI=1S/C19H41O4Si2/c1-11-17(9)25(15(5)6,16(7)8)23-18(20)19(10,12-2)24(21-13-3)22-14-4/h15-17H,11-14H2,1-10H3. The molecule has 0 heterocycles. The Morgan fingerprint density at radius 3 is 1.68 bits per heavy atom. The molecule has 0 aliphatic carbocycles. The largest absolute Gasteiger partial charge is 0.518 e. The van der Waals surface area contributed by atoms with Crippen LogP contribution in [0.2, 0.25) is 21.7 Å². The van der Waals surface area contributed by atoms with Crippen LogP contribution in [0.15, 0.2) is 0 Å². The molecule has 0 saturated carbocycles. The Hall–Kier alpha value is -0.176. The van der Waals surface area contributed by atoms with Gasteiger partial charge in [-0.25, -0.2) is 0 Å². The molecule has 4 nitrogen and oxygen atoms in total. The van der Waals surface area contributed by atoms with Crippen molar-refractivity contribution in [1.29, 1.82) is 0 Å². The van der Waals surface area contributed by atoms with Gasteiger partial charge in [0, 0.05) is 13.2 Å². The molecule has 2 atom stereocenters. The number of rotatable bonds is 12. The minimum absolute atomic E-state index is 0.111. The molecular weight excluding hydrogens is 348 g/mol. The summed E-state index contributed by atoms with van der Waals surface area (Å²) >= 11 is 0. The Kier molecular flexibility index (Phi) is 10.8. The molecule has 0 saturated heterocycles. The first-order valence-electron chi connectivity index (χ1n) is 9.94. The van der Waals surface area contributed by atoms with Crippen LogP contribution in [0.3, 0.4) is 0 Å². The van der Waals surface area contributed by atoms with E-state index in [-0.39, 0.29) is 5.97 Å². The first-order valence-corrected chi connectivity index (χ1v) is 13.4. The van der Waals surface area contributed by atoms with Crippen molar-refractivity contribution < 1.29 is 18.1 Å². The van der Waals surface area contributed by atoms with Crippen LogP contribution in [0.1, 0.15) is 82.1 Å². The lowest BCUT2D eigenvalue weighted by Gasteiger charge is -2.44. The van der Waals surface area contributed by atoms with E-state index >= 15 is 0 Å². The molecule has 0 aromatic carbocycles. The minimum Gasteiger partial charge on any atom is -0.518 e. The van der Waals surface area contributed by atoms with E-state index in [4.69, 9.17) is 13.3 Å². The second-order valence-corrected chi connectivity index (χ2v) is 15.2. The highest BCUT2D eigenvalue weighted by Crippen LogP contribution is 2.47. The molecule has 0 aromatic heterocycles. The highest BCUT2D eigenvalue weighted by Gasteiger charge is 2.54. The topological polar surface area (TPSA) is 44.8 Å². The lowest BCUT2D eigenvalue weighted by Crippen LogP contribution is -2.53. The maximum Gasteiger partial charge on any atom is 0.402 e. The zero-order valence-electron chi connectivity index (χ0n) is 18.2. The predicted molar refractivity (Wildman–Crippen MR) is 109 cm³/mol. The zero-order valence-corrected chi connectivity index (χ0v) is 20.2. The van der Waals surface area contributed by atoms with E-state index < -0.39 is 22.6 Å². The van der Waals surface area contributed by atoms with Gasteiger partial charge in [0.15, 0.2) is 0 Å². The van der Waals surface area contributed by atoms with E-state index in [1.165, 1.54) is 0 Å². The summed E-state index contributed by atoms with van der Waals surface area (Å²) in [5.41, 5.74) is 1.18. The minimum atomic E-state index is -2.28. The number of carbonyl (C=O) groups excluding carboxylic acids is 1. The molecule has 1 radical (unpaired) electrons. The SMILES string of the molecule is CCO[Si](OCC)C(C)(CC)C(=O)O[Si](C(C)C)(C(C)C)C(C)CC. The molecule has 0 fully saturated rings. The molecule has 0 aliphatic heterocycles. The van der Waals surface area contributed by atoms with Crippen molar-refractivity contribution in [2.24, 2.45) is 0 Å². The Labute approximate surface area is 159 Å². The van der Waals surface area contributed by atoms with Crippen LogP contribution < -0.4 is 0 Å². The van der Waals surface area contributed by atoms with Crippen molar-refractivity contribution in [3.8, 4) is 0 Å². The quantitative estimate of drug-likeness (QED) is 0.394. The maximum atomic E-state index is 13.4. The Balaban J connectivity index is 5.84. The summed E-state index contributed by atoms with van der Waals surface area (Å²) in [5, 5.41) is -0.688. The first-order chi connectivity index (χ1) is 11.6. The molecule has 149 valence electrons. The summed E-state index contributed by atoms with van der Waals surface area (Å²) in [7, 11) is -4.02. The lowest BCUT2D eigenvalue weighted by molar-refractivity contribution is -0.140. The molecule has 0 spiro atoms. The smallest absolute Gasteiger partial charge is 0.402 e. The van der Waals surface area contributed by atoms with Crippen LogP contribution in [-0.2, 0) is 18.1 Å². The fraction of sp³-hybridized carbons (Fsp3) is 0.947. The van der Waals surface area contributed by atoms with Crippen molar-refractivity contribution in [2.45, 2.75) is 104 Å². The predicted octanol–water partition coefficient (Wildman–Crippen LogP) is 5.83. The molecule has 0 aromatic rings. The first kappa shape index (κ1) is 24.8. The monoisotopic (exact) mass is 389 g/mol. The molecule has 0 aliphatic rings. The van der Waals surface area contributed by atoms with Gasteiger partial charge in [-0.05, 0) is 43.8 Å². The van der Waals surface area contributed by atoms with Crippen molar-refractivity contribution in [1.82, 2.24) is 0 Å². The van der Waals surface area contributed by atoms with Crippen LogP contribution in [0.5, 0.6) is 0 Å². The average Bonchev–Trinajstić information content (AvgIpc) is 2.57. The lowest BCUT2D eigenvalue weighted by atomic mass is 10.1. The fourth-order valence-corrected chi connectivity index (χ4v) is 11.0. The van der Waals surface area contributed by atoms with Crippen LogP contribution in [0, 0.1) is 0 Å². The van der Waals surface area contributed by atoms with Crippen LogP contribution in [-0.4, -0.2) is 36.8 Å². The van der Waals surface area contributed by atoms with Crippen molar-refractivity contribution >= 4 is 23.6 Å². The number of carbonyl (C=O) groups is 1. The van der Waals surface area contributed by atoms with Crippen LogP contribution in [0.4, 0.5) is 0 Å². The maximum absolute atomic E-state index is 13.4. The second kappa shape index (κ2) is 10.8. The summed E-state index contributed by atoms with van der Waals surface area (Å²) in [5.74, 6) is -0.111. The number of hydrogen-bond donors (Lipinski definition) is 0. The highest BCUT2D eigenvalue weighted by molar-refractivity contribution is 6.79. The van der Waals surface area contributed by atoms with Crippen molar-refractivity contribution in [2.75, 3.05) is 13.2 Å². The van der Waals surface area contributed by atoms with Gasteiger partial charge in [-0.2, -0.15) is 0 Å². The van der Waals surface area contributed by atoms with Gasteiger partial charge in [-0.15, -0.1) is 0 Å². The molecule has 0 N–H and O–H groups in total. The summed E-state index contributed by atoms with van der Waals surface area (Å²) < 4.78 is 18.3. The Morgan fingerprint density at radius 1 is 0.960 bits per heavy atom. The van der Waals surface area contributed by atoms with Crippen LogP contribution in [0.25, 0.3) is 0 Å². The fourth-order valence-electron chi connectivity index (χ4n) is 3.73. The molecule has 0 bridgehead atoms. The van der Waals surface area contributed by atoms with E-state index in [2.05, 4.69) is 41.5 Å². The van der Waals surface area contributed by atoms with Gasteiger partial charge in [0.05, 0.1) is 0 Å². The molecule has 0 amide bonds. The average molecular weight is 390 g/mol. The van der Waals surface area contributed by atoms with Gasteiger partial charge < -0.3 is 13.3 Å². The summed E-state index contributed by atoms with van der Waals surface area (Å²) in [4.78, 5) is 13.4. The summed E-state index contributed by atoms with van der Waals surface area (Å²) in [6.45, 7) is 22.3. The molecule has 2 unspecified atom stereocenters. The van der Waals surface area contributed by atoms with Gasteiger partial charge in [0.2, 0.25) is 0 Å². The van der Waals surface area contributed by atoms with Gasteiger partial charge >= 0.3 is 9.28 Å². The van der Waals surface area contributed by atoms with Gasteiger partial charge in [-0.3, -0.25) is 4.79 Å². The third-order valence-electron chi connectivity index (χ3n) is 5.62. The van der Waals surface area contributed by atoms with E-state index in [9.17, 15) is 4.79 Å². The molecule has 25 heavy (non-hydrogen) atoms. The van der Waals surface area contributed by atoms with Gasteiger partial charge in [0.25, 0.3) is 14.3 Å². The third kappa shape index (κ3) is 5.40. The van der Waals surface area contributed by atoms with E-state index in [1.54, 1.807) is 0 Å². The summed E-state index contributed by atoms with van der Waals surface area (Å²) in [6.07, 6.45) is 1.70. The van der Waals surface area contributed by atoms with E-state index in [0.29, 0.717) is 36.3 Å². The number of hydrogen-bond acceptors (Lipinski definition) is 4. The zero-order chi connectivity index (χ0) is 19.8. The van der Waals surface area contributed by atoms with E-state index in [1.807, 2.05) is 27.7 Å². The normalized spacial score (nSPS) is 16.4. The van der Waals surface area contributed by atoms with Gasteiger partial charge in [0.1, 0.15) is 5.04 Å². The third-order valence-corrected chi connectivity index (χ3v) is 14.3. The van der Waals surface area contributed by atoms with Crippen molar-refractivity contribution in [3.63, 3.8) is 0 Å². The Morgan fingerprint density at radius 2 is 1.40 bits per heavy atom. The van der Waals surface area contributed by atoms with Crippen LogP contribution >= 0.6 is 0 Å². The molecule has 6 heteroatoms. The highest BCUT2D eigenvalue weighted by atomic mass is 28.4. The molecular formula is C19H41O4Si2. The molecule has 0 rings (SSSR count). The summed E-state index contributed by atoms with van der Waals surface area (Å²) in [6, 6.07) is 0. The Bertz CT molecular complexity index is 387.